The summed E-state index contributed by atoms with van der Waals surface area (Å²) in [5.41, 5.74) is 2.95. The SMILES string of the molecule is CCOc1ccc2cc3ncsc3cc2c1. The van der Waals surface area contributed by atoms with Gasteiger partial charge in [0.05, 0.1) is 22.3 Å². The van der Waals surface area contributed by atoms with E-state index >= 15 is 0 Å². The Morgan fingerprint density at radius 2 is 2.12 bits per heavy atom. The second-order valence-electron chi connectivity index (χ2n) is 3.61. The van der Waals surface area contributed by atoms with E-state index in [2.05, 4.69) is 29.2 Å². The highest BCUT2D eigenvalue weighted by molar-refractivity contribution is 7.16. The standard InChI is InChI=1S/C13H11NOS/c1-2-15-11-4-3-9-6-12-13(16-8-14-12)7-10(9)5-11/h3-8H,2H2,1H3. The Bertz CT molecular complexity index is 645. The summed E-state index contributed by atoms with van der Waals surface area (Å²) in [4.78, 5) is 4.31. The van der Waals surface area contributed by atoms with Crippen LogP contribution in [-0.2, 0) is 0 Å². The average molecular weight is 229 g/mol. The van der Waals surface area contributed by atoms with Crippen LogP contribution in [0.1, 0.15) is 6.92 Å². The summed E-state index contributed by atoms with van der Waals surface area (Å²) in [7, 11) is 0. The Morgan fingerprint density at radius 1 is 1.19 bits per heavy atom. The van der Waals surface area contributed by atoms with Gasteiger partial charge in [-0.05, 0) is 42.0 Å². The van der Waals surface area contributed by atoms with Crippen molar-refractivity contribution >= 4 is 32.3 Å². The summed E-state index contributed by atoms with van der Waals surface area (Å²) in [6.07, 6.45) is 0. The van der Waals surface area contributed by atoms with Crippen LogP contribution in [0.4, 0.5) is 0 Å². The third-order valence-corrected chi connectivity index (χ3v) is 3.36. The number of hydrogen-bond acceptors (Lipinski definition) is 3. The largest absolute Gasteiger partial charge is 0.494 e. The van der Waals surface area contributed by atoms with E-state index in [4.69, 9.17) is 4.74 Å². The van der Waals surface area contributed by atoms with Gasteiger partial charge < -0.3 is 4.74 Å². The zero-order valence-electron chi connectivity index (χ0n) is 8.93. The second-order valence-corrected chi connectivity index (χ2v) is 4.50. The molecule has 1 heterocycles. The number of benzene rings is 2. The predicted molar refractivity (Wildman–Crippen MR) is 68.3 cm³/mol. The molecule has 0 unspecified atom stereocenters. The number of nitrogens with zero attached hydrogens (tertiary/aromatic N) is 1. The fraction of sp³-hybridized carbons (Fsp3) is 0.154. The maximum absolute atomic E-state index is 5.50. The molecule has 0 bridgehead atoms. The lowest BCUT2D eigenvalue weighted by Crippen LogP contribution is -1.90. The first-order valence-corrected chi connectivity index (χ1v) is 6.14. The molecule has 80 valence electrons. The van der Waals surface area contributed by atoms with Crippen LogP contribution in [0, 0.1) is 0 Å². The van der Waals surface area contributed by atoms with Crippen LogP contribution in [-0.4, -0.2) is 11.6 Å². The van der Waals surface area contributed by atoms with Crippen LogP contribution in [0.25, 0.3) is 21.0 Å². The highest BCUT2D eigenvalue weighted by atomic mass is 32.1. The molecule has 2 nitrogen and oxygen atoms in total. The van der Waals surface area contributed by atoms with Gasteiger partial charge >= 0.3 is 0 Å². The molecule has 0 saturated carbocycles. The molecular weight excluding hydrogens is 218 g/mol. The highest BCUT2D eigenvalue weighted by Gasteiger charge is 2.01. The van der Waals surface area contributed by atoms with Crippen LogP contribution in [0.3, 0.4) is 0 Å². The fourth-order valence-corrected chi connectivity index (χ4v) is 2.54. The third kappa shape index (κ3) is 1.53. The Balaban J connectivity index is 2.24. The van der Waals surface area contributed by atoms with Crippen LogP contribution < -0.4 is 4.74 Å². The van der Waals surface area contributed by atoms with Crippen molar-refractivity contribution in [1.29, 1.82) is 0 Å². The minimum absolute atomic E-state index is 0.703. The first kappa shape index (κ1) is 9.60. The van der Waals surface area contributed by atoms with Crippen molar-refractivity contribution in [3.63, 3.8) is 0 Å². The molecule has 0 radical (unpaired) electrons. The molecule has 0 aliphatic carbocycles. The number of fused-ring (bicyclic) bond motifs is 2. The Hall–Kier alpha value is -1.61. The first-order valence-electron chi connectivity index (χ1n) is 5.26. The Kier molecular flexibility index (Phi) is 2.26. The zero-order chi connectivity index (χ0) is 11.0. The minimum atomic E-state index is 0.703. The van der Waals surface area contributed by atoms with Gasteiger partial charge in [0.25, 0.3) is 0 Å². The number of rotatable bonds is 2. The average Bonchev–Trinajstić information content (AvgIpc) is 2.73. The monoisotopic (exact) mass is 229 g/mol. The van der Waals surface area contributed by atoms with Crippen molar-refractivity contribution in [2.24, 2.45) is 0 Å². The van der Waals surface area contributed by atoms with Crippen molar-refractivity contribution in [1.82, 2.24) is 4.98 Å². The number of ether oxygens (including phenoxy) is 1. The maximum atomic E-state index is 5.50. The van der Waals surface area contributed by atoms with Crippen molar-refractivity contribution < 1.29 is 4.74 Å². The highest BCUT2D eigenvalue weighted by Crippen LogP contribution is 2.27. The van der Waals surface area contributed by atoms with Gasteiger partial charge in [-0.3, -0.25) is 0 Å². The van der Waals surface area contributed by atoms with E-state index in [9.17, 15) is 0 Å². The van der Waals surface area contributed by atoms with Crippen LogP contribution in [0.2, 0.25) is 0 Å². The number of thiazole rings is 1. The molecule has 0 atom stereocenters. The molecule has 0 amide bonds. The molecule has 3 aromatic rings. The molecule has 3 heteroatoms. The zero-order valence-corrected chi connectivity index (χ0v) is 9.75. The van der Waals surface area contributed by atoms with Gasteiger partial charge in [-0.1, -0.05) is 6.07 Å². The molecule has 0 N–H and O–H groups in total. The van der Waals surface area contributed by atoms with E-state index in [1.54, 1.807) is 11.3 Å². The van der Waals surface area contributed by atoms with Gasteiger partial charge in [0.2, 0.25) is 0 Å². The summed E-state index contributed by atoms with van der Waals surface area (Å²) >= 11 is 1.67. The molecule has 0 spiro atoms. The van der Waals surface area contributed by atoms with Crippen molar-refractivity contribution in [3.05, 3.63) is 35.8 Å². The first-order chi connectivity index (χ1) is 7.86. The topological polar surface area (TPSA) is 22.1 Å². The van der Waals surface area contributed by atoms with Crippen LogP contribution in [0.15, 0.2) is 35.8 Å². The minimum Gasteiger partial charge on any atom is -0.494 e. The molecule has 0 aliphatic rings. The summed E-state index contributed by atoms with van der Waals surface area (Å²) in [6.45, 7) is 2.70. The molecule has 3 rings (SSSR count). The summed E-state index contributed by atoms with van der Waals surface area (Å²) < 4.78 is 6.72. The molecule has 0 aliphatic heterocycles. The summed E-state index contributed by atoms with van der Waals surface area (Å²) in [6, 6.07) is 10.5. The number of aromatic nitrogens is 1. The fourth-order valence-electron chi connectivity index (χ4n) is 1.83. The van der Waals surface area contributed by atoms with E-state index in [1.165, 1.54) is 15.5 Å². The molecule has 0 saturated heterocycles. The molecule has 0 fully saturated rings. The Morgan fingerprint density at radius 3 is 3.00 bits per heavy atom. The Labute approximate surface area is 97.5 Å². The molecule has 1 aromatic heterocycles. The normalized spacial score (nSPS) is 11.1. The number of hydrogen-bond donors (Lipinski definition) is 0. The van der Waals surface area contributed by atoms with E-state index in [1.807, 2.05) is 18.5 Å². The van der Waals surface area contributed by atoms with Crippen molar-refractivity contribution in [3.8, 4) is 5.75 Å². The van der Waals surface area contributed by atoms with Gasteiger partial charge in [-0.25, -0.2) is 4.98 Å². The van der Waals surface area contributed by atoms with Gasteiger partial charge in [0, 0.05) is 0 Å². The van der Waals surface area contributed by atoms with Gasteiger partial charge in [-0.2, -0.15) is 0 Å². The lowest BCUT2D eigenvalue weighted by molar-refractivity contribution is 0.341. The van der Waals surface area contributed by atoms with Crippen molar-refractivity contribution in [2.45, 2.75) is 6.92 Å². The lowest BCUT2D eigenvalue weighted by atomic mass is 10.1. The third-order valence-electron chi connectivity index (χ3n) is 2.57. The van der Waals surface area contributed by atoms with Crippen molar-refractivity contribution in [2.75, 3.05) is 6.61 Å². The van der Waals surface area contributed by atoms with E-state index < -0.39 is 0 Å². The summed E-state index contributed by atoms with van der Waals surface area (Å²) in [5, 5.41) is 2.42. The summed E-state index contributed by atoms with van der Waals surface area (Å²) in [5.74, 6) is 0.930. The van der Waals surface area contributed by atoms with Crippen LogP contribution in [0.5, 0.6) is 5.75 Å². The van der Waals surface area contributed by atoms with Gasteiger partial charge in [-0.15, -0.1) is 11.3 Å². The predicted octanol–water partition coefficient (Wildman–Crippen LogP) is 3.85. The molecule has 2 aromatic carbocycles. The van der Waals surface area contributed by atoms with Gasteiger partial charge in [0.1, 0.15) is 5.75 Å². The quantitative estimate of drug-likeness (QED) is 0.666. The van der Waals surface area contributed by atoms with Crippen LogP contribution >= 0.6 is 11.3 Å². The smallest absolute Gasteiger partial charge is 0.119 e. The van der Waals surface area contributed by atoms with E-state index in [0.29, 0.717) is 6.61 Å². The second kappa shape index (κ2) is 3.76. The van der Waals surface area contributed by atoms with E-state index in [0.717, 1.165) is 11.3 Å². The molecular formula is C13H11NOS. The van der Waals surface area contributed by atoms with E-state index in [-0.39, 0.29) is 0 Å². The maximum Gasteiger partial charge on any atom is 0.119 e. The lowest BCUT2D eigenvalue weighted by Gasteiger charge is -2.04. The molecule has 16 heavy (non-hydrogen) atoms. The van der Waals surface area contributed by atoms with Gasteiger partial charge in [0.15, 0.2) is 0 Å².